The molecule has 0 aliphatic carbocycles. The van der Waals surface area contributed by atoms with E-state index in [0.29, 0.717) is 5.69 Å². The quantitative estimate of drug-likeness (QED) is 0.368. The average molecular weight is 469 g/mol. The Kier molecular flexibility index (Phi) is 4.89. The molecule has 0 N–H and O–H groups in total. The lowest BCUT2D eigenvalue weighted by molar-refractivity contribution is 0.962. The van der Waals surface area contributed by atoms with Crippen molar-refractivity contribution in [3.63, 3.8) is 0 Å². The first kappa shape index (κ1) is 22.2. The normalized spacial score (nSPS) is 11.7. The molecule has 5 rings (SSSR count). The number of rotatable bonds is 2. The summed E-state index contributed by atoms with van der Waals surface area (Å²) < 4.78 is 1.18. The van der Waals surface area contributed by atoms with Gasteiger partial charge >= 0.3 is 0 Å². The third-order valence-electron chi connectivity index (χ3n) is 6.61. The largest absolute Gasteiger partial charge is 0.284 e. The lowest BCUT2D eigenvalue weighted by Crippen LogP contribution is -2.25. The van der Waals surface area contributed by atoms with Gasteiger partial charge in [-0.1, -0.05) is 35.4 Å². The minimum Gasteiger partial charge on any atom is -0.284 e. The Bertz CT molecular complexity index is 1640. The zero-order valence-corrected chi connectivity index (χ0v) is 20.9. The van der Waals surface area contributed by atoms with Gasteiger partial charge in [0.15, 0.2) is 0 Å². The molecule has 0 unspecified atom stereocenters. The Hall–Kier alpha value is -3.56. The lowest BCUT2D eigenvalue weighted by Gasteiger charge is -2.10. The highest BCUT2D eigenvalue weighted by Gasteiger charge is 2.24. The Balaban J connectivity index is 1.88. The maximum Gasteiger partial charge on any atom is 0.266 e. The second-order valence-electron chi connectivity index (χ2n) is 9.33. The third-order valence-corrected chi connectivity index (χ3v) is 9.06. The monoisotopic (exact) mass is 469 g/mol. The first-order valence-electron chi connectivity index (χ1n) is 11.1. The van der Waals surface area contributed by atoms with Crippen LogP contribution in [0.5, 0.6) is 0 Å². The summed E-state index contributed by atoms with van der Waals surface area (Å²) in [5.74, 6) is 0. The summed E-state index contributed by atoms with van der Waals surface area (Å²) >= 11 is 0. The van der Waals surface area contributed by atoms with E-state index in [1.807, 2.05) is 65.8 Å². The van der Waals surface area contributed by atoms with Gasteiger partial charge in [0.05, 0.1) is 16.5 Å². The third kappa shape index (κ3) is 3.00. The first-order chi connectivity index (χ1) is 16.0. The van der Waals surface area contributed by atoms with Crippen LogP contribution in [0.3, 0.4) is 0 Å². The Labute approximate surface area is 196 Å². The number of benzene rings is 3. The fourth-order valence-electron chi connectivity index (χ4n) is 5.43. The molecule has 0 spiro atoms. The molecule has 0 aliphatic heterocycles. The van der Waals surface area contributed by atoms with Crippen LogP contribution in [-0.2, 0) is 0 Å². The average Bonchev–Trinajstić information content (AvgIpc) is 3.12. The summed E-state index contributed by atoms with van der Waals surface area (Å²) in [6.07, 6.45) is 0. The van der Waals surface area contributed by atoms with Crippen molar-refractivity contribution in [3.8, 4) is 11.0 Å². The van der Waals surface area contributed by atoms with Crippen LogP contribution in [-0.4, -0.2) is 4.57 Å². The van der Waals surface area contributed by atoms with Crippen molar-refractivity contribution in [2.24, 2.45) is 0 Å². The molecular weight excluding hydrogens is 445 g/mol. The van der Waals surface area contributed by atoms with E-state index < -0.39 is 18.7 Å². The summed E-state index contributed by atoms with van der Waals surface area (Å²) in [5.41, 5.74) is 5.21. The van der Waals surface area contributed by atoms with Gasteiger partial charge in [-0.3, -0.25) is 19.2 Å². The molecule has 0 radical (unpaired) electrons. The molecule has 6 heteroatoms. The molecule has 3 aromatic carbocycles. The molecular formula is C28H24NO4P. The predicted octanol–water partition coefficient (Wildman–Crippen LogP) is 4.93. The standard InChI is InChI=1S/C28H24NO4P/c1-13-7-15(3)23(16(4)8-13)29-25(30)19-11-21-22(12-20(19)26(29)31)28(33)34(27(21)32)24-17(5)9-14(2)10-18(24)6/h7-12H,1-6H3. The second kappa shape index (κ2) is 7.48. The van der Waals surface area contributed by atoms with Crippen LogP contribution in [0, 0.1) is 41.5 Å². The van der Waals surface area contributed by atoms with Crippen LogP contribution in [0.15, 0.2) is 55.6 Å². The number of hydrogen-bond donors (Lipinski definition) is 0. The predicted molar refractivity (Wildman–Crippen MR) is 141 cm³/mol. The number of fused-ring (bicyclic) bond motifs is 2. The molecule has 0 fully saturated rings. The van der Waals surface area contributed by atoms with Gasteiger partial charge in [-0.25, -0.2) is 4.57 Å². The van der Waals surface area contributed by atoms with Gasteiger partial charge in [0.1, 0.15) is 0 Å². The van der Waals surface area contributed by atoms with Crippen LogP contribution in [0.2, 0.25) is 0 Å². The summed E-state index contributed by atoms with van der Waals surface area (Å²) in [6.45, 7) is 11.5. The van der Waals surface area contributed by atoms with Crippen molar-refractivity contribution >= 4 is 29.1 Å². The van der Waals surface area contributed by atoms with E-state index in [1.165, 1.54) is 16.7 Å². The topological polar surface area (TPSA) is 73.2 Å². The van der Waals surface area contributed by atoms with Gasteiger partial charge in [0.25, 0.3) is 11.1 Å². The molecule has 0 saturated carbocycles. The van der Waals surface area contributed by atoms with E-state index in [0.717, 1.165) is 38.7 Å². The minimum atomic E-state index is -1.76. The maximum atomic E-state index is 13.5. The van der Waals surface area contributed by atoms with Crippen molar-refractivity contribution in [2.45, 2.75) is 41.5 Å². The van der Waals surface area contributed by atoms with Gasteiger partial charge in [0, 0.05) is 23.6 Å². The van der Waals surface area contributed by atoms with Gasteiger partial charge in [0.2, 0.25) is 10.3 Å². The van der Waals surface area contributed by atoms with Crippen LogP contribution >= 0.6 is 7.53 Å². The molecule has 0 saturated heterocycles. The van der Waals surface area contributed by atoms with Gasteiger partial charge < -0.3 is 0 Å². The Morgan fingerprint density at radius 3 is 1.32 bits per heavy atom. The number of nitrogens with zero attached hydrogens (tertiary/aromatic N) is 1. The summed E-state index contributed by atoms with van der Waals surface area (Å²) in [4.78, 5) is 53.8. The highest BCUT2D eigenvalue weighted by Crippen LogP contribution is 2.39. The highest BCUT2D eigenvalue weighted by molar-refractivity contribution is 7.56. The van der Waals surface area contributed by atoms with Crippen molar-refractivity contribution < 1.29 is 0 Å². The van der Waals surface area contributed by atoms with E-state index in [9.17, 15) is 19.2 Å². The smallest absolute Gasteiger partial charge is 0.266 e. The molecule has 34 heavy (non-hydrogen) atoms. The van der Waals surface area contributed by atoms with Crippen LogP contribution in [0.25, 0.3) is 32.5 Å². The van der Waals surface area contributed by atoms with E-state index in [4.69, 9.17) is 0 Å². The second-order valence-corrected chi connectivity index (χ2v) is 11.3. The lowest BCUT2D eigenvalue weighted by atomic mass is 10.1. The SMILES string of the molecule is Cc1cc(C)c(-n2c(=O)c3cc4c(=O)p(-c5c(C)cc(C)cc5C)c(=O)c4cc3c2=O)c(C)c1. The molecule has 170 valence electrons. The molecule has 0 atom stereocenters. The van der Waals surface area contributed by atoms with Gasteiger partial charge in [-0.2, -0.15) is 0 Å². The summed E-state index contributed by atoms with van der Waals surface area (Å²) in [6, 6.07) is 10.7. The van der Waals surface area contributed by atoms with E-state index in [2.05, 4.69) is 0 Å². The van der Waals surface area contributed by atoms with Crippen molar-refractivity contribution in [2.75, 3.05) is 0 Å². The fourth-order valence-corrected chi connectivity index (χ4v) is 7.71. The summed E-state index contributed by atoms with van der Waals surface area (Å²) in [5, 5.41) is 1.11. The van der Waals surface area contributed by atoms with Crippen molar-refractivity contribution in [1.82, 2.24) is 4.57 Å². The van der Waals surface area contributed by atoms with Gasteiger partial charge in [-0.05, 0) is 75.9 Å². The molecule has 5 nitrogen and oxygen atoms in total. The Morgan fingerprint density at radius 1 is 0.529 bits per heavy atom. The first-order valence-corrected chi connectivity index (χ1v) is 12.5. The fraction of sp³-hybridized carbons (Fsp3) is 0.214. The molecule has 0 aliphatic rings. The van der Waals surface area contributed by atoms with Crippen LogP contribution < -0.4 is 21.4 Å². The van der Waals surface area contributed by atoms with E-state index >= 15 is 0 Å². The number of aryl methyl sites for hydroxylation is 6. The van der Waals surface area contributed by atoms with Crippen LogP contribution in [0.4, 0.5) is 0 Å². The van der Waals surface area contributed by atoms with Crippen molar-refractivity contribution in [1.29, 1.82) is 0 Å². The van der Waals surface area contributed by atoms with E-state index in [1.54, 1.807) is 0 Å². The zero-order valence-electron chi connectivity index (χ0n) is 20.0. The van der Waals surface area contributed by atoms with E-state index in [-0.39, 0.29) is 31.9 Å². The molecule has 2 heterocycles. The summed E-state index contributed by atoms with van der Waals surface area (Å²) in [7, 11) is -1.76. The number of aromatic nitrogens is 1. The Morgan fingerprint density at radius 2 is 0.912 bits per heavy atom. The minimum absolute atomic E-state index is 0.179. The zero-order chi connectivity index (χ0) is 24.6. The maximum absolute atomic E-state index is 13.5. The highest BCUT2D eigenvalue weighted by atomic mass is 31.1. The molecule has 2 aromatic heterocycles. The molecule has 5 aromatic rings. The number of hydrogen-bond acceptors (Lipinski definition) is 4. The van der Waals surface area contributed by atoms with Gasteiger partial charge in [-0.15, -0.1) is 0 Å². The van der Waals surface area contributed by atoms with Crippen LogP contribution in [0.1, 0.15) is 33.4 Å². The molecule has 0 bridgehead atoms. The van der Waals surface area contributed by atoms with Crippen molar-refractivity contribution in [3.05, 3.63) is 110 Å². The molecule has 0 amide bonds.